The van der Waals surface area contributed by atoms with Crippen LogP contribution in [-0.2, 0) is 6.42 Å². The van der Waals surface area contributed by atoms with E-state index in [0.29, 0.717) is 31.2 Å². The molecule has 0 amide bonds. The highest BCUT2D eigenvalue weighted by atomic mass is 16.5. The Bertz CT molecular complexity index is 633. The number of hydrogen-bond donors (Lipinski definition) is 2. The fraction of sp³-hybridized carbons (Fsp3) is 0.682. The van der Waals surface area contributed by atoms with Crippen molar-refractivity contribution in [3.63, 3.8) is 0 Å². The number of rotatable bonds is 9. The number of nitrogens with zero attached hydrogens (tertiary/aromatic N) is 2. The number of ether oxygens (including phenoxy) is 2. The summed E-state index contributed by atoms with van der Waals surface area (Å²) in [5, 5.41) is 7.05. The van der Waals surface area contributed by atoms with E-state index >= 15 is 0 Å². The van der Waals surface area contributed by atoms with Crippen molar-refractivity contribution in [2.24, 2.45) is 10.9 Å². The predicted octanol–water partition coefficient (Wildman–Crippen LogP) is 2.92. The first-order valence-corrected chi connectivity index (χ1v) is 10.6. The summed E-state index contributed by atoms with van der Waals surface area (Å²) >= 11 is 0. The summed E-state index contributed by atoms with van der Waals surface area (Å²) in [7, 11) is 1.83. The van der Waals surface area contributed by atoms with E-state index in [-0.39, 0.29) is 0 Å². The van der Waals surface area contributed by atoms with Gasteiger partial charge in [-0.1, -0.05) is 13.0 Å². The maximum absolute atomic E-state index is 5.72. The van der Waals surface area contributed by atoms with Gasteiger partial charge in [0.05, 0.1) is 13.2 Å². The Labute approximate surface area is 170 Å². The summed E-state index contributed by atoms with van der Waals surface area (Å²) in [5.41, 5.74) is 1.22. The molecule has 1 fully saturated rings. The van der Waals surface area contributed by atoms with Gasteiger partial charge in [0.15, 0.2) is 17.5 Å². The van der Waals surface area contributed by atoms with Crippen molar-refractivity contribution in [3.8, 4) is 11.5 Å². The summed E-state index contributed by atoms with van der Waals surface area (Å²) in [5.74, 6) is 3.11. The number of hydrogen-bond acceptors (Lipinski definition) is 4. The van der Waals surface area contributed by atoms with Crippen molar-refractivity contribution < 1.29 is 9.47 Å². The second kappa shape index (κ2) is 11.1. The summed E-state index contributed by atoms with van der Waals surface area (Å²) in [6.07, 6.45) is 0.894. The van der Waals surface area contributed by atoms with Gasteiger partial charge in [0.25, 0.3) is 0 Å². The lowest BCUT2D eigenvalue weighted by atomic mass is 10.1. The SMILES string of the molecule is CCOc1ccc(CCNC(=NC)NC2CN(C(C)C)CC2C)cc1OCC. The number of nitrogens with one attached hydrogen (secondary N) is 2. The minimum atomic E-state index is 0.434. The fourth-order valence-corrected chi connectivity index (χ4v) is 3.56. The molecule has 1 aliphatic heterocycles. The molecule has 1 heterocycles. The highest BCUT2D eigenvalue weighted by Crippen LogP contribution is 2.28. The average molecular weight is 391 g/mol. The van der Waals surface area contributed by atoms with Crippen LogP contribution in [0.25, 0.3) is 0 Å². The lowest BCUT2D eigenvalue weighted by Gasteiger charge is -2.22. The Morgan fingerprint density at radius 3 is 2.50 bits per heavy atom. The molecule has 0 radical (unpaired) electrons. The molecule has 1 aliphatic rings. The standard InChI is InChI=1S/C22H38N4O2/c1-7-27-20-10-9-18(13-21(20)28-8-2)11-12-24-22(23-6)25-19-15-26(16(3)4)14-17(19)5/h9-10,13,16-17,19H,7-8,11-12,14-15H2,1-6H3,(H2,23,24,25). The molecule has 0 spiro atoms. The lowest BCUT2D eigenvalue weighted by Crippen LogP contribution is -2.47. The van der Waals surface area contributed by atoms with E-state index in [4.69, 9.17) is 9.47 Å². The van der Waals surface area contributed by atoms with Crippen molar-refractivity contribution >= 4 is 5.96 Å². The van der Waals surface area contributed by atoms with Crippen LogP contribution < -0.4 is 20.1 Å². The van der Waals surface area contributed by atoms with Gasteiger partial charge < -0.3 is 20.1 Å². The Morgan fingerprint density at radius 2 is 1.89 bits per heavy atom. The first kappa shape index (κ1) is 22.3. The largest absolute Gasteiger partial charge is 0.490 e. The molecular weight excluding hydrogens is 352 g/mol. The molecule has 1 aromatic carbocycles. The molecule has 158 valence electrons. The number of guanidine groups is 1. The maximum atomic E-state index is 5.72. The number of benzene rings is 1. The van der Waals surface area contributed by atoms with Crippen LogP contribution in [0.4, 0.5) is 0 Å². The average Bonchev–Trinajstić information content (AvgIpc) is 3.04. The molecule has 2 unspecified atom stereocenters. The summed E-state index contributed by atoms with van der Waals surface area (Å²) in [4.78, 5) is 6.92. The van der Waals surface area contributed by atoms with Crippen LogP contribution >= 0.6 is 0 Å². The summed E-state index contributed by atoms with van der Waals surface area (Å²) in [6, 6.07) is 7.20. The van der Waals surface area contributed by atoms with Gasteiger partial charge in [0.1, 0.15) is 0 Å². The van der Waals surface area contributed by atoms with Crippen molar-refractivity contribution in [1.82, 2.24) is 15.5 Å². The number of aliphatic imine (C=N–C) groups is 1. The minimum Gasteiger partial charge on any atom is -0.490 e. The van der Waals surface area contributed by atoms with Crippen molar-refractivity contribution in [2.75, 3.05) is 39.9 Å². The first-order valence-electron chi connectivity index (χ1n) is 10.6. The maximum Gasteiger partial charge on any atom is 0.191 e. The van der Waals surface area contributed by atoms with Gasteiger partial charge in [-0.2, -0.15) is 0 Å². The molecule has 0 bridgehead atoms. The smallest absolute Gasteiger partial charge is 0.191 e. The van der Waals surface area contributed by atoms with E-state index < -0.39 is 0 Å². The normalized spacial score (nSPS) is 20.5. The van der Waals surface area contributed by atoms with E-state index in [9.17, 15) is 0 Å². The zero-order chi connectivity index (χ0) is 20.5. The lowest BCUT2D eigenvalue weighted by molar-refractivity contribution is 0.265. The molecule has 2 N–H and O–H groups in total. The molecule has 0 aliphatic carbocycles. The Morgan fingerprint density at radius 1 is 1.18 bits per heavy atom. The van der Waals surface area contributed by atoms with Gasteiger partial charge in [0.2, 0.25) is 0 Å². The summed E-state index contributed by atoms with van der Waals surface area (Å²) < 4.78 is 11.4. The Kier molecular flexibility index (Phi) is 8.90. The molecular formula is C22H38N4O2. The monoisotopic (exact) mass is 390 g/mol. The second-order valence-electron chi connectivity index (χ2n) is 7.67. The molecule has 2 rings (SSSR count). The molecule has 6 nitrogen and oxygen atoms in total. The van der Waals surface area contributed by atoms with Crippen LogP contribution in [0.1, 0.15) is 40.2 Å². The Balaban J connectivity index is 1.86. The second-order valence-corrected chi connectivity index (χ2v) is 7.67. The highest BCUT2D eigenvalue weighted by Gasteiger charge is 2.31. The Hall–Kier alpha value is -1.95. The van der Waals surface area contributed by atoms with Crippen molar-refractivity contribution in [1.29, 1.82) is 0 Å². The van der Waals surface area contributed by atoms with Crippen LogP contribution in [-0.4, -0.2) is 62.8 Å². The van der Waals surface area contributed by atoms with Gasteiger partial charge in [0, 0.05) is 38.8 Å². The summed E-state index contributed by atoms with van der Waals surface area (Å²) in [6.45, 7) is 15.1. The van der Waals surface area contributed by atoms with Crippen molar-refractivity contribution in [2.45, 2.75) is 53.1 Å². The van der Waals surface area contributed by atoms with Gasteiger partial charge in [-0.3, -0.25) is 9.89 Å². The quantitative estimate of drug-likeness (QED) is 0.502. The minimum absolute atomic E-state index is 0.434. The van der Waals surface area contributed by atoms with Crippen LogP contribution in [0, 0.1) is 5.92 Å². The van der Waals surface area contributed by atoms with E-state index in [2.05, 4.69) is 53.4 Å². The topological polar surface area (TPSA) is 58.1 Å². The van der Waals surface area contributed by atoms with Crippen LogP contribution in [0.5, 0.6) is 11.5 Å². The van der Waals surface area contributed by atoms with Crippen LogP contribution in [0.3, 0.4) is 0 Å². The molecule has 1 saturated heterocycles. The fourth-order valence-electron chi connectivity index (χ4n) is 3.56. The highest BCUT2D eigenvalue weighted by molar-refractivity contribution is 5.80. The van der Waals surface area contributed by atoms with E-state index in [1.165, 1.54) is 5.56 Å². The van der Waals surface area contributed by atoms with E-state index in [0.717, 1.165) is 43.5 Å². The molecule has 2 atom stereocenters. The van der Waals surface area contributed by atoms with Gasteiger partial charge in [-0.15, -0.1) is 0 Å². The van der Waals surface area contributed by atoms with E-state index in [1.54, 1.807) is 0 Å². The number of likely N-dealkylation sites (tertiary alicyclic amines) is 1. The molecule has 0 saturated carbocycles. The third-order valence-corrected chi connectivity index (χ3v) is 5.23. The van der Waals surface area contributed by atoms with Gasteiger partial charge in [-0.25, -0.2) is 0 Å². The van der Waals surface area contributed by atoms with Crippen molar-refractivity contribution in [3.05, 3.63) is 23.8 Å². The van der Waals surface area contributed by atoms with E-state index in [1.807, 2.05) is 27.0 Å². The third kappa shape index (κ3) is 6.30. The first-order chi connectivity index (χ1) is 13.5. The van der Waals surface area contributed by atoms with Gasteiger partial charge >= 0.3 is 0 Å². The molecule has 1 aromatic rings. The molecule has 0 aromatic heterocycles. The predicted molar refractivity (Wildman–Crippen MR) is 117 cm³/mol. The third-order valence-electron chi connectivity index (χ3n) is 5.23. The molecule has 28 heavy (non-hydrogen) atoms. The van der Waals surface area contributed by atoms with Crippen LogP contribution in [0.2, 0.25) is 0 Å². The molecule has 6 heteroatoms. The van der Waals surface area contributed by atoms with Gasteiger partial charge in [-0.05, 0) is 57.7 Å². The zero-order valence-electron chi connectivity index (χ0n) is 18.4. The van der Waals surface area contributed by atoms with Crippen LogP contribution in [0.15, 0.2) is 23.2 Å². The zero-order valence-corrected chi connectivity index (χ0v) is 18.4.